The van der Waals surface area contributed by atoms with Crippen LogP contribution in [0.3, 0.4) is 0 Å². The Bertz CT molecular complexity index is 664. The third-order valence-corrected chi connectivity index (χ3v) is 5.60. The van der Waals surface area contributed by atoms with Gasteiger partial charge in [-0.25, -0.2) is 9.59 Å². The minimum atomic E-state index is -0.433. The van der Waals surface area contributed by atoms with E-state index in [9.17, 15) is 9.59 Å². The van der Waals surface area contributed by atoms with Gasteiger partial charge in [-0.1, -0.05) is 40.5 Å². The Kier molecular flexibility index (Phi) is 11.7. The standard InChI is InChI=1S/C26H40O6/c1-5-9-19(3)16-31-25(27)22-13-21(18-30-24-11-7-8-12-29-24)14-23(15-22)26(28)32-17-20(4)10-6-2/h13-15,19-20,24H,5-12,16-18H2,1-4H3/t19-,20-,24?/m1/s1. The van der Waals surface area contributed by atoms with E-state index in [1.54, 1.807) is 18.2 Å². The van der Waals surface area contributed by atoms with Crippen molar-refractivity contribution < 1.29 is 28.5 Å². The molecule has 0 N–H and O–H groups in total. The van der Waals surface area contributed by atoms with E-state index in [0.717, 1.165) is 50.5 Å². The summed E-state index contributed by atoms with van der Waals surface area (Å²) < 4.78 is 22.5. The maximum absolute atomic E-state index is 12.7. The first-order chi connectivity index (χ1) is 15.4. The largest absolute Gasteiger partial charge is 0.462 e. The van der Waals surface area contributed by atoms with Gasteiger partial charge < -0.3 is 18.9 Å². The van der Waals surface area contributed by atoms with Crippen molar-refractivity contribution in [1.82, 2.24) is 0 Å². The fraction of sp³-hybridized carbons (Fsp3) is 0.692. The van der Waals surface area contributed by atoms with Crippen LogP contribution in [-0.2, 0) is 25.6 Å². The lowest BCUT2D eigenvalue weighted by atomic mass is 10.1. The van der Waals surface area contributed by atoms with Crippen LogP contribution in [0, 0.1) is 11.8 Å². The Labute approximate surface area is 193 Å². The maximum Gasteiger partial charge on any atom is 0.338 e. The average Bonchev–Trinajstić information content (AvgIpc) is 2.80. The van der Waals surface area contributed by atoms with Crippen LogP contribution in [0.15, 0.2) is 18.2 Å². The van der Waals surface area contributed by atoms with Crippen molar-refractivity contribution in [2.45, 2.75) is 85.5 Å². The third-order valence-electron chi connectivity index (χ3n) is 5.60. The minimum Gasteiger partial charge on any atom is -0.462 e. The molecule has 0 radical (unpaired) electrons. The number of ether oxygens (including phenoxy) is 4. The van der Waals surface area contributed by atoms with Crippen LogP contribution in [0.2, 0.25) is 0 Å². The van der Waals surface area contributed by atoms with Crippen molar-refractivity contribution in [3.05, 3.63) is 34.9 Å². The molecule has 0 saturated carbocycles. The van der Waals surface area contributed by atoms with Gasteiger partial charge in [-0.05, 0) is 67.7 Å². The summed E-state index contributed by atoms with van der Waals surface area (Å²) in [7, 11) is 0. The van der Waals surface area contributed by atoms with Gasteiger partial charge in [0.05, 0.1) is 30.9 Å². The summed E-state index contributed by atoms with van der Waals surface area (Å²) >= 11 is 0. The van der Waals surface area contributed by atoms with E-state index in [2.05, 4.69) is 27.7 Å². The number of hydrogen-bond donors (Lipinski definition) is 0. The second-order valence-electron chi connectivity index (χ2n) is 9.01. The zero-order valence-corrected chi connectivity index (χ0v) is 20.2. The smallest absolute Gasteiger partial charge is 0.338 e. The molecule has 0 amide bonds. The molecule has 1 fully saturated rings. The molecular weight excluding hydrogens is 408 g/mol. The van der Waals surface area contributed by atoms with E-state index in [0.29, 0.717) is 42.8 Å². The van der Waals surface area contributed by atoms with E-state index in [-0.39, 0.29) is 12.9 Å². The number of esters is 2. The Morgan fingerprint density at radius 2 is 1.50 bits per heavy atom. The van der Waals surface area contributed by atoms with Gasteiger partial charge in [0.15, 0.2) is 6.29 Å². The number of rotatable bonds is 13. The van der Waals surface area contributed by atoms with Crippen LogP contribution in [0.5, 0.6) is 0 Å². The Hall–Kier alpha value is -1.92. The molecule has 2 rings (SSSR count). The fourth-order valence-electron chi connectivity index (χ4n) is 3.80. The van der Waals surface area contributed by atoms with E-state index >= 15 is 0 Å². The molecule has 1 aromatic carbocycles. The van der Waals surface area contributed by atoms with Crippen molar-refractivity contribution in [2.24, 2.45) is 11.8 Å². The molecular formula is C26H40O6. The van der Waals surface area contributed by atoms with Crippen molar-refractivity contribution in [3.63, 3.8) is 0 Å². The molecule has 1 aliphatic heterocycles. The molecule has 180 valence electrons. The van der Waals surface area contributed by atoms with Crippen molar-refractivity contribution >= 4 is 11.9 Å². The number of benzene rings is 1. The molecule has 0 bridgehead atoms. The average molecular weight is 449 g/mol. The van der Waals surface area contributed by atoms with Gasteiger partial charge in [-0.3, -0.25) is 0 Å². The van der Waals surface area contributed by atoms with Crippen LogP contribution in [-0.4, -0.2) is 38.0 Å². The van der Waals surface area contributed by atoms with Crippen molar-refractivity contribution in [3.8, 4) is 0 Å². The number of carbonyl (C=O) groups excluding carboxylic acids is 2. The molecule has 1 unspecified atom stereocenters. The molecule has 1 saturated heterocycles. The van der Waals surface area contributed by atoms with Gasteiger partial charge in [-0.15, -0.1) is 0 Å². The molecule has 6 heteroatoms. The van der Waals surface area contributed by atoms with Gasteiger partial charge in [0.1, 0.15) is 0 Å². The molecule has 32 heavy (non-hydrogen) atoms. The quantitative estimate of drug-likeness (QED) is 0.349. The summed E-state index contributed by atoms with van der Waals surface area (Å²) in [5.74, 6) is -0.277. The Morgan fingerprint density at radius 1 is 0.938 bits per heavy atom. The van der Waals surface area contributed by atoms with E-state index < -0.39 is 11.9 Å². The van der Waals surface area contributed by atoms with Crippen LogP contribution in [0.4, 0.5) is 0 Å². The normalized spacial score (nSPS) is 18.1. The Balaban J connectivity index is 2.10. The lowest BCUT2D eigenvalue weighted by Gasteiger charge is -2.23. The van der Waals surface area contributed by atoms with E-state index in [4.69, 9.17) is 18.9 Å². The second-order valence-corrected chi connectivity index (χ2v) is 9.01. The highest BCUT2D eigenvalue weighted by Crippen LogP contribution is 2.19. The molecule has 6 nitrogen and oxygen atoms in total. The highest BCUT2D eigenvalue weighted by molar-refractivity contribution is 5.95. The first kappa shape index (κ1) is 26.3. The number of carbonyl (C=O) groups is 2. The molecule has 1 aromatic rings. The first-order valence-electron chi connectivity index (χ1n) is 12.1. The molecule has 0 aliphatic carbocycles. The predicted octanol–water partition coefficient (Wildman–Crippen LogP) is 5.92. The molecule has 0 aromatic heterocycles. The van der Waals surface area contributed by atoms with Gasteiger partial charge in [0, 0.05) is 6.61 Å². The summed E-state index contributed by atoms with van der Waals surface area (Å²) in [4.78, 5) is 25.4. The Morgan fingerprint density at radius 3 is 1.97 bits per heavy atom. The molecule has 3 atom stereocenters. The minimum absolute atomic E-state index is 0.250. The van der Waals surface area contributed by atoms with Crippen molar-refractivity contribution in [1.29, 1.82) is 0 Å². The van der Waals surface area contributed by atoms with Gasteiger partial charge in [0.25, 0.3) is 0 Å². The second kappa shape index (κ2) is 14.3. The van der Waals surface area contributed by atoms with Crippen LogP contribution in [0.25, 0.3) is 0 Å². The monoisotopic (exact) mass is 448 g/mol. The maximum atomic E-state index is 12.7. The highest BCUT2D eigenvalue weighted by Gasteiger charge is 2.19. The van der Waals surface area contributed by atoms with Gasteiger partial charge in [0.2, 0.25) is 0 Å². The predicted molar refractivity (Wildman–Crippen MR) is 124 cm³/mol. The van der Waals surface area contributed by atoms with Crippen LogP contribution >= 0.6 is 0 Å². The van der Waals surface area contributed by atoms with Gasteiger partial charge >= 0.3 is 11.9 Å². The highest BCUT2D eigenvalue weighted by atomic mass is 16.7. The SMILES string of the molecule is CCC[C@@H](C)COC(=O)c1cc(COC2CCCCO2)cc(C(=O)OC[C@H](C)CCC)c1. The lowest BCUT2D eigenvalue weighted by molar-refractivity contribution is -0.168. The fourth-order valence-corrected chi connectivity index (χ4v) is 3.80. The summed E-state index contributed by atoms with van der Waals surface area (Å²) in [6, 6.07) is 5.01. The van der Waals surface area contributed by atoms with E-state index in [1.165, 1.54) is 0 Å². The first-order valence-corrected chi connectivity index (χ1v) is 12.1. The topological polar surface area (TPSA) is 71.1 Å². The summed E-state index contributed by atoms with van der Waals surface area (Å²) in [6.45, 7) is 10.0. The van der Waals surface area contributed by atoms with Crippen LogP contribution < -0.4 is 0 Å². The van der Waals surface area contributed by atoms with Gasteiger partial charge in [-0.2, -0.15) is 0 Å². The van der Waals surface area contributed by atoms with Crippen LogP contribution in [0.1, 0.15) is 98.9 Å². The zero-order chi connectivity index (χ0) is 23.3. The lowest BCUT2D eigenvalue weighted by Crippen LogP contribution is -2.22. The van der Waals surface area contributed by atoms with E-state index in [1.807, 2.05) is 0 Å². The zero-order valence-electron chi connectivity index (χ0n) is 20.2. The molecule has 1 aliphatic rings. The molecule has 0 spiro atoms. The third kappa shape index (κ3) is 9.29. The van der Waals surface area contributed by atoms with Crippen molar-refractivity contribution in [2.75, 3.05) is 19.8 Å². The summed E-state index contributed by atoms with van der Waals surface area (Å²) in [6.07, 6.45) is 6.79. The number of hydrogen-bond acceptors (Lipinski definition) is 6. The summed E-state index contributed by atoms with van der Waals surface area (Å²) in [5, 5.41) is 0. The summed E-state index contributed by atoms with van der Waals surface area (Å²) in [5.41, 5.74) is 1.41. The molecule has 1 heterocycles.